The molecule has 3 rings (SSSR count). The van der Waals surface area contributed by atoms with Crippen molar-refractivity contribution in [3.8, 4) is 0 Å². The largest absolute Gasteiger partial charge is 0.398 e. The second kappa shape index (κ2) is 5.01. The van der Waals surface area contributed by atoms with Gasteiger partial charge in [0, 0.05) is 40.6 Å². The van der Waals surface area contributed by atoms with Crippen LogP contribution in [-0.2, 0) is 0 Å². The van der Waals surface area contributed by atoms with Gasteiger partial charge in [0.05, 0.1) is 0 Å². The van der Waals surface area contributed by atoms with Crippen molar-refractivity contribution >= 4 is 27.6 Å². The average Bonchev–Trinajstić information content (AvgIpc) is 3.18. The number of nitrogens with zero attached hydrogens (tertiary/aromatic N) is 1. The number of halogens is 1. The van der Waals surface area contributed by atoms with Crippen molar-refractivity contribution in [2.45, 2.75) is 19.0 Å². The highest BCUT2D eigenvalue weighted by molar-refractivity contribution is 9.10. The van der Waals surface area contributed by atoms with Crippen molar-refractivity contribution in [2.24, 2.45) is 5.92 Å². The van der Waals surface area contributed by atoms with Gasteiger partial charge in [-0.15, -0.1) is 0 Å². The van der Waals surface area contributed by atoms with Crippen molar-refractivity contribution in [2.75, 3.05) is 12.8 Å². The lowest BCUT2D eigenvalue weighted by Crippen LogP contribution is -2.38. The van der Waals surface area contributed by atoms with Crippen molar-refractivity contribution in [1.82, 2.24) is 15.5 Å². The Balaban J connectivity index is 1.92. The van der Waals surface area contributed by atoms with E-state index < -0.39 is 0 Å². The molecule has 1 heterocycles. The molecule has 0 radical (unpaired) electrons. The monoisotopic (exact) mass is 336 g/mol. The van der Waals surface area contributed by atoms with Gasteiger partial charge in [0.15, 0.2) is 0 Å². The Labute approximate surface area is 126 Å². The first kappa shape index (κ1) is 13.3. The number of benzene rings is 1. The van der Waals surface area contributed by atoms with E-state index >= 15 is 0 Å². The summed E-state index contributed by atoms with van der Waals surface area (Å²) < 4.78 is 0.929. The molecule has 1 saturated carbocycles. The summed E-state index contributed by atoms with van der Waals surface area (Å²) in [6, 6.07) is 5.59. The number of anilines is 1. The van der Waals surface area contributed by atoms with Crippen LogP contribution < -0.4 is 16.4 Å². The van der Waals surface area contributed by atoms with Crippen LogP contribution >= 0.6 is 15.9 Å². The van der Waals surface area contributed by atoms with Crippen molar-refractivity contribution in [3.05, 3.63) is 40.1 Å². The second-order valence-electron chi connectivity index (χ2n) is 5.14. The highest BCUT2D eigenvalue weighted by Gasteiger charge is 2.37. The summed E-state index contributed by atoms with van der Waals surface area (Å²) in [5.41, 5.74) is 8.79. The minimum atomic E-state index is -0.237. The molecule has 0 spiro atoms. The fourth-order valence-electron chi connectivity index (χ4n) is 2.43. The van der Waals surface area contributed by atoms with E-state index in [0.29, 0.717) is 11.6 Å². The molecule has 5 nitrogen and oxygen atoms in total. The standard InChI is InChI=1S/C14H17BrN4O/c1-17-14(20)19-7-12(8-2-3-8)18-13(19)10-5-4-9(15)6-11(10)16/h4-8,13,18H,2-3,16H2,1H3,(H,17,20). The van der Waals surface area contributed by atoms with Crippen LogP contribution in [0.25, 0.3) is 0 Å². The summed E-state index contributed by atoms with van der Waals surface area (Å²) in [7, 11) is 1.63. The first-order valence-electron chi connectivity index (χ1n) is 6.63. The first-order valence-corrected chi connectivity index (χ1v) is 7.42. The van der Waals surface area contributed by atoms with E-state index in [1.165, 1.54) is 12.8 Å². The van der Waals surface area contributed by atoms with Crippen LogP contribution in [0.15, 0.2) is 34.6 Å². The molecule has 0 saturated heterocycles. The Morgan fingerprint density at radius 1 is 1.50 bits per heavy atom. The number of carbonyl (C=O) groups is 1. The zero-order chi connectivity index (χ0) is 14.3. The smallest absolute Gasteiger partial charge is 0.323 e. The lowest BCUT2D eigenvalue weighted by atomic mass is 10.1. The summed E-state index contributed by atoms with van der Waals surface area (Å²) in [4.78, 5) is 13.7. The van der Waals surface area contributed by atoms with Crippen molar-refractivity contribution in [3.63, 3.8) is 0 Å². The van der Waals surface area contributed by atoms with Crippen LogP contribution in [0.5, 0.6) is 0 Å². The molecule has 1 aromatic carbocycles. The summed E-state index contributed by atoms with van der Waals surface area (Å²) in [6.45, 7) is 0. The average molecular weight is 337 g/mol. The highest BCUT2D eigenvalue weighted by Crippen LogP contribution is 2.41. The maximum atomic E-state index is 12.0. The molecule has 4 N–H and O–H groups in total. The predicted octanol–water partition coefficient (Wildman–Crippen LogP) is 2.53. The van der Waals surface area contributed by atoms with Gasteiger partial charge in [-0.2, -0.15) is 0 Å². The molecule has 106 valence electrons. The number of rotatable bonds is 2. The molecule has 2 amide bonds. The number of nitrogens with one attached hydrogen (secondary N) is 2. The number of allylic oxidation sites excluding steroid dienone is 1. The third-order valence-electron chi connectivity index (χ3n) is 3.67. The van der Waals surface area contributed by atoms with Gasteiger partial charge < -0.3 is 16.4 Å². The number of amides is 2. The maximum absolute atomic E-state index is 12.0. The van der Waals surface area contributed by atoms with E-state index in [0.717, 1.165) is 15.7 Å². The molecule has 2 aliphatic rings. The molecule has 0 aromatic heterocycles. The van der Waals surface area contributed by atoms with Crippen LogP contribution in [0, 0.1) is 5.92 Å². The molecule has 0 bridgehead atoms. The van der Waals surface area contributed by atoms with Gasteiger partial charge in [-0.3, -0.25) is 4.90 Å². The lowest BCUT2D eigenvalue weighted by Gasteiger charge is -2.25. The summed E-state index contributed by atoms with van der Waals surface area (Å²) >= 11 is 3.40. The van der Waals surface area contributed by atoms with Gasteiger partial charge in [0.1, 0.15) is 6.17 Å². The topological polar surface area (TPSA) is 70.4 Å². The van der Waals surface area contributed by atoms with Gasteiger partial charge in [-0.1, -0.05) is 22.0 Å². The molecule has 1 aromatic rings. The number of nitrogens with two attached hydrogens (primary N) is 1. The molecule has 1 aliphatic carbocycles. The minimum absolute atomic E-state index is 0.138. The molecular weight excluding hydrogens is 320 g/mol. The Hall–Kier alpha value is -1.69. The number of carbonyl (C=O) groups excluding carboxylic acids is 1. The Kier molecular flexibility index (Phi) is 3.33. The van der Waals surface area contributed by atoms with Crippen LogP contribution in [0.4, 0.5) is 10.5 Å². The van der Waals surface area contributed by atoms with E-state index in [-0.39, 0.29) is 12.2 Å². The number of hydrogen-bond acceptors (Lipinski definition) is 3. The van der Waals surface area contributed by atoms with E-state index in [4.69, 9.17) is 5.73 Å². The first-order chi connectivity index (χ1) is 9.60. The van der Waals surface area contributed by atoms with Crippen LogP contribution in [0.3, 0.4) is 0 Å². The van der Waals surface area contributed by atoms with Gasteiger partial charge in [-0.05, 0) is 25.0 Å². The molecule has 6 heteroatoms. The third kappa shape index (κ3) is 2.35. The minimum Gasteiger partial charge on any atom is -0.398 e. The highest BCUT2D eigenvalue weighted by atomic mass is 79.9. The van der Waals surface area contributed by atoms with Crippen LogP contribution in [-0.4, -0.2) is 18.0 Å². The van der Waals surface area contributed by atoms with Gasteiger partial charge in [0.25, 0.3) is 0 Å². The molecule has 1 atom stereocenters. The quantitative estimate of drug-likeness (QED) is 0.727. The number of urea groups is 1. The molecule has 1 unspecified atom stereocenters. The second-order valence-corrected chi connectivity index (χ2v) is 6.06. The van der Waals surface area contributed by atoms with Gasteiger partial charge in [-0.25, -0.2) is 4.79 Å². The van der Waals surface area contributed by atoms with Gasteiger partial charge in [0.2, 0.25) is 0 Å². The number of hydrogen-bond donors (Lipinski definition) is 3. The van der Waals surface area contributed by atoms with E-state index in [1.54, 1.807) is 11.9 Å². The lowest BCUT2D eigenvalue weighted by molar-refractivity contribution is 0.203. The van der Waals surface area contributed by atoms with Crippen LogP contribution in [0.2, 0.25) is 0 Å². The third-order valence-corrected chi connectivity index (χ3v) is 4.16. The van der Waals surface area contributed by atoms with E-state index in [2.05, 4.69) is 26.6 Å². The summed E-state index contributed by atoms with van der Waals surface area (Å²) in [5, 5.41) is 6.10. The van der Waals surface area contributed by atoms with Gasteiger partial charge >= 0.3 is 6.03 Å². The molecule has 1 fully saturated rings. The SMILES string of the molecule is CNC(=O)N1C=C(C2CC2)NC1c1ccc(Br)cc1N. The fourth-order valence-corrected chi connectivity index (χ4v) is 2.81. The zero-order valence-electron chi connectivity index (χ0n) is 11.2. The Morgan fingerprint density at radius 3 is 2.85 bits per heavy atom. The predicted molar refractivity (Wildman–Crippen MR) is 81.5 cm³/mol. The van der Waals surface area contributed by atoms with E-state index in [1.807, 2.05) is 24.4 Å². The van der Waals surface area contributed by atoms with Crippen molar-refractivity contribution < 1.29 is 4.79 Å². The van der Waals surface area contributed by atoms with Crippen molar-refractivity contribution in [1.29, 1.82) is 0 Å². The molecule has 1 aliphatic heterocycles. The molecule has 20 heavy (non-hydrogen) atoms. The Morgan fingerprint density at radius 2 is 2.25 bits per heavy atom. The number of nitrogen functional groups attached to an aromatic ring is 1. The fraction of sp³-hybridized carbons (Fsp3) is 0.357. The van der Waals surface area contributed by atoms with Crippen LogP contribution in [0.1, 0.15) is 24.6 Å². The molecular formula is C14H17BrN4O. The summed E-state index contributed by atoms with van der Waals surface area (Å²) in [6.07, 6.45) is 4.04. The maximum Gasteiger partial charge on any atom is 0.323 e. The van der Waals surface area contributed by atoms with E-state index in [9.17, 15) is 4.79 Å². The normalized spacial score (nSPS) is 21.4. The zero-order valence-corrected chi connectivity index (χ0v) is 12.8. The Bertz CT molecular complexity index is 583. The summed E-state index contributed by atoms with van der Waals surface area (Å²) in [5.74, 6) is 0.559.